The topological polar surface area (TPSA) is 55.4 Å². The minimum atomic E-state index is -0.358. The molecule has 1 aromatic heterocycles. The van der Waals surface area contributed by atoms with Gasteiger partial charge in [0, 0.05) is 10.8 Å². The van der Waals surface area contributed by atoms with E-state index in [1.807, 2.05) is 13.8 Å². The van der Waals surface area contributed by atoms with E-state index >= 15 is 0 Å². The quantitative estimate of drug-likeness (QED) is 0.863. The Kier molecular flexibility index (Phi) is 3.94. The Hall–Kier alpha value is -1.36. The van der Waals surface area contributed by atoms with Crippen molar-refractivity contribution in [3.05, 3.63) is 16.0 Å². The zero-order valence-electron chi connectivity index (χ0n) is 11.7. The number of rotatable bonds is 4. The lowest BCUT2D eigenvalue weighted by Gasteiger charge is -2.06. The minimum Gasteiger partial charge on any atom is -0.462 e. The third-order valence-corrected chi connectivity index (χ3v) is 4.67. The van der Waals surface area contributed by atoms with Crippen LogP contribution >= 0.6 is 11.3 Å². The molecular formula is C14H19NO3S. The Labute approximate surface area is 117 Å². The van der Waals surface area contributed by atoms with Crippen LogP contribution in [0.1, 0.15) is 41.1 Å². The van der Waals surface area contributed by atoms with Gasteiger partial charge < -0.3 is 10.1 Å². The number of amides is 1. The Bertz CT molecular complexity index is 521. The van der Waals surface area contributed by atoms with Crippen LogP contribution in [-0.2, 0) is 9.53 Å². The first-order valence-electron chi connectivity index (χ1n) is 6.53. The number of hydrogen-bond donors (Lipinski definition) is 1. The van der Waals surface area contributed by atoms with Crippen molar-refractivity contribution < 1.29 is 14.3 Å². The van der Waals surface area contributed by atoms with Gasteiger partial charge in [-0.15, -0.1) is 11.3 Å². The Balaban J connectivity index is 2.22. The Morgan fingerprint density at radius 1 is 1.42 bits per heavy atom. The monoisotopic (exact) mass is 281 g/mol. The second kappa shape index (κ2) is 5.33. The molecule has 19 heavy (non-hydrogen) atoms. The lowest BCUT2D eigenvalue weighted by molar-refractivity contribution is -0.117. The van der Waals surface area contributed by atoms with Crippen LogP contribution in [0.3, 0.4) is 0 Å². The summed E-state index contributed by atoms with van der Waals surface area (Å²) in [4.78, 5) is 25.0. The SMILES string of the molecule is CCOC(=O)c1c(NC(=O)[C@@H]2C[C@H]2C)sc(C)c1C. The number of nitrogens with one attached hydrogen (secondary N) is 1. The first-order chi connectivity index (χ1) is 8.95. The van der Waals surface area contributed by atoms with Crippen LogP contribution in [0.5, 0.6) is 0 Å². The second-order valence-electron chi connectivity index (χ2n) is 5.02. The number of anilines is 1. The molecule has 1 heterocycles. The number of ether oxygens (including phenoxy) is 1. The zero-order chi connectivity index (χ0) is 14.2. The fraction of sp³-hybridized carbons (Fsp3) is 0.571. The molecule has 1 aliphatic carbocycles. The molecule has 1 saturated carbocycles. The molecule has 0 aromatic carbocycles. The van der Waals surface area contributed by atoms with Crippen LogP contribution in [0.4, 0.5) is 5.00 Å². The molecule has 0 bridgehead atoms. The van der Waals surface area contributed by atoms with E-state index in [0.29, 0.717) is 23.1 Å². The van der Waals surface area contributed by atoms with Crippen molar-refractivity contribution in [2.45, 2.75) is 34.1 Å². The normalized spacial score (nSPS) is 21.1. The Morgan fingerprint density at radius 2 is 2.05 bits per heavy atom. The molecule has 0 spiro atoms. The van der Waals surface area contributed by atoms with Crippen molar-refractivity contribution in [2.24, 2.45) is 11.8 Å². The van der Waals surface area contributed by atoms with Crippen LogP contribution in [-0.4, -0.2) is 18.5 Å². The maximum absolute atomic E-state index is 12.0. The van der Waals surface area contributed by atoms with Crippen LogP contribution in [0.15, 0.2) is 0 Å². The van der Waals surface area contributed by atoms with Gasteiger partial charge in [0.15, 0.2) is 0 Å². The predicted molar refractivity (Wildman–Crippen MR) is 75.7 cm³/mol. The lowest BCUT2D eigenvalue weighted by Crippen LogP contribution is -2.16. The zero-order valence-corrected chi connectivity index (χ0v) is 12.5. The number of esters is 1. The smallest absolute Gasteiger partial charge is 0.341 e. The summed E-state index contributed by atoms with van der Waals surface area (Å²) in [6.07, 6.45) is 0.934. The van der Waals surface area contributed by atoms with Crippen molar-refractivity contribution in [1.82, 2.24) is 0 Å². The van der Waals surface area contributed by atoms with Crippen LogP contribution < -0.4 is 5.32 Å². The van der Waals surface area contributed by atoms with E-state index in [0.717, 1.165) is 16.9 Å². The molecule has 2 rings (SSSR count). The van der Waals surface area contributed by atoms with E-state index in [1.54, 1.807) is 6.92 Å². The van der Waals surface area contributed by atoms with Gasteiger partial charge in [0.05, 0.1) is 12.2 Å². The van der Waals surface area contributed by atoms with Crippen LogP contribution in [0, 0.1) is 25.7 Å². The molecule has 5 heteroatoms. The number of carbonyl (C=O) groups excluding carboxylic acids is 2. The van der Waals surface area contributed by atoms with Gasteiger partial charge in [0.25, 0.3) is 0 Å². The molecule has 0 saturated heterocycles. The summed E-state index contributed by atoms with van der Waals surface area (Å²) >= 11 is 1.44. The van der Waals surface area contributed by atoms with Crippen molar-refractivity contribution in [3.8, 4) is 0 Å². The van der Waals surface area contributed by atoms with Gasteiger partial charge in [0.2, 0.25) is 5.91 Å². The largest absolute Gasteiger partial charge is 0.462 e. The fourth-order valence-corrected chi connectivity index (χ4v) is 3.11. The second-order valence-corrected chi connectivity index (χ2v) is 6.24. The average molecular weight is 281 g/mol. The van der Waals surface area contributed by atoms with Crippen molar-refractivity contribution >= 4 is 28.2 Å². The van der Waals surface area contributed by atoms with Gasteiger partial charge in [-0.25, -0.2) is 4.79 Å². The van der Waals surface area contributed by atoms with Crippen molar-refractivity contribution in [3.63, 3.8) is 0 Å². The van der Waals surface area contributed by atoms with Crippen molar-refractivity contribution in [1.29, 1.82) is 0 Å². The van der Waals surface area contributed by atoms with Gasteiger partial charge in [-0.3, -0.25) is 4.79 Å². The maximum atomic E-state index is 12.0. The third-order valence-electron chi connectivity index (χ3n) is 3.55. The summed E-state index contributed by atoms with van der Waals surface area (Å²) in [7, 11) is 0. The number of thiophene rings is 1. The molecule has 1 aromatic rings. The van der Waals surface area contributed by atoms with E-state index < -0.39 is 0 Å². The predicted octanol–water partition coefficient (Wildman–Crippen LogP) is 3.14. The third kappa shape index (κ3) is 2.81. The number of aryl methyl sites for hydroxylation is 1. The van der Waals surface area contributed by atoms with E-state index in [1.165, 1.54) is 11.3 Å². The highest BCUT2D eigenvalue weighted by Crippen LogP contribution is 2.40. The van der Waals surface area contributed by atoms with E-state index in [-0.39, 0.29) is 17.8 Å². The molecule has 104 valence electrons. The first-order valence-corrected chi connectivity index (χ1v) is 7.35. The summed E-state index contributed by atoms with van der Waals surface area (Å²) in [6, 6.07) is 0. The molecule has 1 fully saturated rings. The van der Waals surface area contributed by atoms with Crippen LogP contribution in [0.25, 0.3) is 0 Å². The summed E-state index contributed by atoms with van der Waals surface area (Å²) in [5.41, 5.74) is 1.40. The molecule has 2 atom stereocenters. The lowest BCUT2D eigenvalue weighted by atomic mass is 10.1. The molecule has 0 radical (unpaired) electrons. The van der Waals surface area contributed by atoms with Gasteiger partial charge in [-0.05, 0) is 38.7 Å². The van der Waals surface area contributed by atoms with Gasteiger partial charge in [-0.1, -0.05) is 6.92 Å². The minimum absolute atomic E-state index is 0.0132. The molecule has 0 aliphatic heterocycles. The van der Waals surface area contributed by atoms with Gasteiger partial charge in [0.1, 0.15) is 5.00 Å². The summed E-state index contributed by atoms with van der Waals surface area (Å²) < 4.78 is 5.06. The van der Waals surface area contributed by atoms with Gasteiger partial charge in [-0.2, -0.15) is 0 Å². The number of carbonyl (C=O) groups is 2. The highest BCUT2D eigenvalue weighted by atomic mass is 32.1. The molecule has 4 nitrogen and oxygen atoms in total. The summed E-state index contributed by atoms with van der Waals surface area (Å²) in [5.74, 6) is 0.203. The maximum Gasteiger partial charge on any atom is 0.341 e. The highest BCUT2D eigenvalue weighted by Gasteiger charge is 2.39. The standard InChI is InChI=1S/C14H19NO3S/c1-5-18-14(17)11-8(3)9(4)19-13(11)15-12(16)10-6-7(10)2/h7,10H,5-6H2,1-4H3,(H,15,16)/t7-,10-/m1/s1. The molecule has 1 aliphatic rings. The molecule has 0 unspecified atom stereocenters. The van der Waals surface area contributed by atoms with Gasteiger partial charge >= 0.3 is 5.97 Å². The van der Waals surface area contributed by atoms with E-state index in [4.69, 9.17) is 4.74 Å². The highest BCUT2D eigenvalue weighted by molar-refractivity contribution is 7.16. The molecule has 1 amide bonds. The molecular weight excluding hydrogens is 262 g/mol. The van der Waals surface area contributed by atoms with Crippen molar-refractivity contribution in [2.75, 3.05) is 11.9 Å². The molecule has 1 N–H and O–H groups in total. The average Bonchev–Trinajstić information content (AvgIpc) is 2.99. The number of hydrogen-bond acceptors (Lipinski definition) is 4. The Morgan fingerprint density at radius 3 is 2.58 bits per heavy atom. The fourth-order valence-electron chi connectivity index (χ4n) is 2.06. The first kappa shape index (κ1) is 14.1. The summed E-state index contributed by atoms with van der Waals surface area (Å²) in [6.45, 7) is 7.99. The van der Waals surface area contributed by atoms with E-state index in [2.05, 4.69) is 12.2 Å². The van der Waals surface area contributed by atoms with E-state index in [9.17, 15) is 9.59 Å². The van der Waals surface area contributed by atoms with Crippen LogP contribution in [0.2, 0.25) is 0 Å². The summed E-state index contributed by atoms with van der Waals surface area (Å²) in [5, 5.41) is 3.51.